The molecule has 0 aromatic heterocycles. The van der Waals surface area contributed by atoms with E-state index in [9.17, 15) is 14.7 Å². The predicted molar refractivity (Wildman–Crippen MR) is 91.6 cm³/mol. The lowest BCUT2D eigenvalue weighted by Gasteiger charge is -2.47. The zero-order valence-corrected chi connectivity index (χ0v) is 14.7. The number of ether oxygens (including phenoxy) is 1. The highest BCUT2D eigenvalue weighted by Crippen LogP contribution is 2.42. The van der Waals surface area contributed by atoms with Gasteiger partial charge in [0.15, 0.2) is 0 Å². The minimum absolute atomic E-state index is 0.0713. The number of benzene rings is 1. The fourth-order valence-electron chi connectivity index (χ4n) is 3.87. The number of hydrogen-bond acceptors (Lipinski definition) is 3. The zero-order valence-electron chi connectivity index (χ0n) is 14.7. The van der Waals surface area contributed by atoms with E-state index >= 15 is 0 Å². The first-order valence-corrected chi connectivity index (χ1v) is 8.57. The summed E-state index contributed by atoms with van der Waals surface area (Å²) < 4.78 is 5.37. The largest absolute Gasteiger partial charge is 0.479 e. The molecule has 132 valence electrons. The molecule has 1 aliphatic carbocycles. The molecule has 1 aromatic carbocycles. The van der Waals surface area contributed by atoms with Crippen LogP contribution in [0.4, 0.5) is 4.79 Å². The molecule has 1 fully saturated rings. The van der Waals surface area contributed by atoms with E-state index < -0.39 is 17.6 Å². The molecule has 1 aromatic rings. The van der Waals surface area contributed by atoms with Crippen LogP contribution in [0.3, 0.4) is 0 Å². The molecule has 24 heavy (non-hydrogen) atoms. The third-order valence-electron chi connectivity index (χ3n) is 5.19. The first kappa shape index (κ1) is 18.3. The molecule has 0 bridgehead atoms. The molecule has 1 amide bonds. The van der Waals surface area contributed by atoms with Crippen molar-refractivity contribution in [2.75, 3.05) is 7.05 Å². The van der Waals surface area contributed by atoms with Gasteiger partial charge in [0.25, 0.3) is 0 Å². The van der Waals surface area contributed by atoms with E-state index in [0.717, 1.165) is 24.8 Å². The van der Waals surface area contributed by atoms with Crippen molar-refractivity contribution >= 4 is 12.1 Å². The number of carboxylic acids is 1. The van der Waals surface area contributed by atoms with Crippen molar-refractivity contribution in [3.05, 3.63) is 35.9 Å². The highest BCUT2D eigenvalue weighted by atomic mass is 16.6. The predicted octanol–water partition coefficient (Wildman–Crippen LogP) is 3.92. The summed E-state index contributed by atoms with van der Waals surface area (Å²) >= 11 is 0. The van der Waals surface area contributed by atoms with Crippen molar-refractivity contribution in [2.45, 2.75) is 51.7 Å². The molecular weight excluding hydrogens is 306 g/mol. The van der Waals surface area contributed by atoms with E-state index in [0.29, 0.717) is 6.42 Å². The maximum atomic E-state index is 12.5. The number of aliphatic carboxylic acids is 1. The summed E-state index contributed by atoms with van der Waals surface area (Å²) in [5.74, 6) is -0.816. The lowest BCUT2D eigenvalue weighted by atomic mass is 9.67. The van der Waals surface area contributed by atoms with Crippen molar-refractivity contribution < 1.29 is 19.4 Å². The van der Waals surface area contributed by atoms with Crippen LogP contribution in [-0.4, -0.2) is 34.7 Å². The minimum Gasteiger partial charge on any atom is -0.479 e. The van der Waals surface area contributed by atoms with Crippen LogP contribution >= 0.6 is 0 Å². The molecular formula is C19H27NO4. The molecule has 0 aliphatic heterocycles. The Morgan fingerprint density at radius 2 is 1.96 bits per heavy atom. The maximum absolute atomic E-state index is 12.5. The maximum Gasteiger partial charge on any atom is 0.410 e. The van der Waals surface area contributed by atoms with Crippen LogP contribution in [0.5, 0.6) is 0 Å². The Hall–Kier alpha value is -2.04. The van der Waals surface area contributed by atoms with E-state index in [1.165, 1.54) is 4.90 Å². The number of carboxylic acid groups (broad SMARTS) is 1. The third kappa shape index (κ3) is 3.55. The minimum atomic E-state index is -1.18. The number of nitrogens with zero attached hydrogens (tertiary/aromatic N) is 1. The SMILES string of the molecule is CC(C)C1CCCCC1(C(=O)O)N(C)C(=O)OCc1ccccc1. The normalized spacial score (nSPS) is 23.8. The van der Waals surface area contributed by atoms with Crippen LogP contribution in [0.25, 0.3) is 0 Å². The Kier molecular flexibility index (Phi) is 5.86. The summed E-state index contributed by atoms with van der Waals surface area (Å²) in [4.78, 5) is 26.0. The van der Waals surface area contributed by atoms with Gasteiger partial charge in [-0.15, -0.1) is 0 Å². The van der Waals surface area contributed by atoms with Crippen molar-refractivity contribution in [1.29, 1.82) is 0 Å². The summed E-state index contributed by atoms with van der Waals surface area (Å²) in [6, 6.07) is 9.39. The van der Waals surface area contributed by atoms with Crippen molar-refractivity contribution in [3.8, 4) is 0 Å². The average Bonchev–Trinajstić information content (AvgIpc) is 2.59. The molecule has 2 rings (SSSR count). The Balaban J connectivity index is 2.17. The van der Waals surface area contributed by atoms with Gasteiger partial charge < -0.3 is 9.84 Å². The van der Waals surface area contributed by atoms with Crippen LogP contribution in [-0.2, 0) is 16.1 Å². The molecule has 0 heterocycles. The lowest BCUT2D eigenvalue weighted by Crippen LogP contribution is -2.62. The van der Waals surface area contributed by atoms with Gasteiger partial charge in [0, 0.05) is 7.05 Å². The number of amides is 1. The quantitative estimate of drug-likeness (QED) is 0.887. The molecule has 2 atom stereocenters. The molecule has 0 spiro atoms. The second-order valence-corrected chi connectivity index (χ2v) is 6.92. The number of likely N-dealkylation sites (N-methyl/N-ethyl adjacent to an activating group) is 1. The molecule has 5 heteroatoms. The van der Waals surface area contributed by atoms with E-state index in [1.807, 2.05) is 44.2 Å². The zero-order chi connectivity index (χ0) is 17.7. The molecule has 0 saturated heterocycles. The van der Waals surface area contributed by atoms with Crippen LogP contribution in [0.1, 0.15) is 45.1 Å². The van der Waals surface area contributed by atoms with Gasteiger partial charge in [-0.05, 0) is 30.2 Å². The standard InChI is InChI=1S/C19H27NO4/c1-14(2)16-11-7-8-12-19(16,17(21)22)20(3)18(23)24-13-15-9-5-4-6-10-15/h4-6,9-10,14,16H,7-8,11-13H2,1-3H3,(H,21,22). The van der Waals surface area contributed by atoms with Crippen LogP contribution in [0.2, 0.25) is 0 Å². The van der Waals surface area contributed by atoms with Gasteiger partial charge >= 0.3 is 12.1 Å². The lowest BCUT2D eigenvalue weighted by molar-refractivity contribution is -0.158. The van der Waals surface area contributed by atoms with Crippen LogP contribution in [0.15, 0.2) is 30.3 Å². The van der Waals surface area contributed by atoms with E-state index in [1.54, 1.807) is 7.05 Å². The molecule has 0 radical (unpaired) electrons. The van der Waals surface area contributed by atoms with Crippen LogP contribution in [0, 0.1) is 11.8 Å². The fraction of sp³-hybridized carbons (Fsp3) is 0.579. The number of rotatable bonds is 5. The molecule has 1 aliphatic rings. The van der Waals surface area contributed by atoms with Gasteiger partial charge in [0.1, 0.15) is 12.1 Å². The van der Waals surface area contributed by atoms with Crippen molar-refractivity contribution in [2.24, 2.45) is 11.8 Å². The monoisotopic (exact) mass is 333 g/mol. The first-order valence-electron chi connectivity index (χ1n) is 8.57. The molecule has 1 N–H and O–H groups in total. The Bertz CT molecular complexity index is 572. The number of hydrogen-bond donors (Lipinski definition) is 1. The average molecular weight is 333 g/mol. The van der Waals surface area contributed by atoms with Gasteiger partial charge in [0.05, 0.1) is 0 Å². The Morgan fingerprint density at radius 1 is 1.29 bits per heavy atom. The van der Waals surface area contributed by atoms with E-state index in [-0.39, 0.29) is 18.4 Å². The molecule has 1 saturated carbocycles. The second-order valence-electron chi connectivity index (χ2n) is 6.92. The van der Waals surface area contributed by atoms with Crippen molar-refractivity contribution in [3.63, 3.8) is 0 Å². The topological polar surface area (TPSA) is 66.8 Å². The summed E-state index contributed by atoms with van der Waals surface area (Å²) in [6.07, 6.45) is 2.53. The fourth-order valence-corrected chi connectivity index (χ4v) is 3.87. The smallest absolute Gasteiger partial charge is 0.410 e. The molecule has 5 nitrogen and oxygen atoms in total. The summed E-state index contributed by atoms with van der Waals surface area (Å²) in [7, 11) is 1.56. The summed E-state index contributed by atoms with van der Waals surface area (Å²) in [5.41, 5.74) is -0.298. The number of carbonyl (C=O) groups is 2. The van der Waals surface area contributed by atoms with Crippen LogP contribution < -0.4 is 0 Å². The van der Waals surface area contributed by atoms with E-state index in [2.05, 4.69) is 0 Å². The third-order valence-corrected chi connectivity index (χ3v) is 5.19. The number of carbonyl (C=O) groups excluding carboxylic acids is 1. The summed E-state index contributed by atoms with van der Waals surface area (Å²) in [5, 5.41) is 9.96. The van der Waals surface area contributed by atoms with Gasteiger partial charge in [-0.3, -0.25) is 4.90 Å². The van der Waals surface area contributed by atoms with E-state index in [4.69, 9.17) is 4.74 Å². The Labute approximate surface area is 143 Å². The highest BCUT2D eigenvalue weighted by molar-refractivity contribution is 5.85. The van der Waals surface area contributed by atoms with Gasteiger partial charge in [-0.1, -0.05) is 57.0 Å². The van der Waals surface area contributed by atoms with Gasteiger partial charge in [-0.25, -0.2) is 9.59 Å². The second kappa shape index (κ2) is 7.69. The van der Waals surface area contributed by atoms with Crippen molar-refractivity contribution in [1.82, 2.24) is 4.90 Å². The van der Waals surface area contributed by atoms with Gasteiger partial charge in [-0.2, -0.15) is 0 Å². The summed E-state index contributed by atoms with van der Waals surface area (Å²) in [6.45, 7) is 4.19. The molecule has 2 unspecified atom stereocenters. The van der Waals surface area contributed by atoms with Gasteiger partial charge in [0.2, 0.25) is 0 Å². The Morgan fingerprint density at radius 3 is 2.54 bits per heavy atom. The first-order chi connectivity index (χ1) is 11.4. The highest BCUT2D eigenvalue weighted by Gasteiger charge is 2.53.